The summed E-state index contributed by atoms with van der Waals surface area (Å²) in [5.74, 6) is -0.131. The second kappa shape index (κ2) is 6.17. The largest absolute Gasteiger partial charge is 0.275 e. The molecule has 0 fully saturated rings. The van der Waals surface area contributed by atoms with Gasteiger partial charge in [0.1, 0.15) is 0 Å². The molecule has 0 bridgehead atoms. The fraction of sp³-hybridized carbons (Fsp3) is 0. The number of amides is 1. The molecule has 1 aliphatic rings. The zero-order valence-corrected chi connectivity index (χ0v) is 14.7. The van der Waals surface area contributed by atoms with Gasteiger partial charge in [0.15, 0.2) is 0 Å². The molecule has 0 saturated carbocycles. The van der Waals surface area contributed by atoms with Gasteiger partial charge in [-0.1, -0.05) is 53.2 Å². The fourth-order valence-electron chi connectivity index (χ4n) is 2.70. The van der Waals surface area contributed by atoms with E-state index >= 15 is 0 Å². The molecule has 0 aliphatic carbocycles. The molecule has 1 amide bonds. The quantitative estimate of drug-likeness (QED) is 0.490. The van der Waals surface area contributed by atoms with Crippen LogP contribution in [-0.2, 0) is 0 Å². The van der Waals surface area contributed by atoms with Crippen LogP contribution in [0.3, 0.4) is 0 Å². The van der Waals surface area contributed by atoms with Gasteiger partial charge in [0.05, 0.1) is 11.4 Å². The number of para-hydroxylation sites is 1. The number of benzene rings is 3. The van der Waals surface area contributed by atoms with Gasteiger partial charge in [-0.3, -0.25) is 9.69 Å². The molecule has 1 aliphatic heterocycles. The maximum atomic E-state index is 13.2. The van der Waals surface area contributed by atoms with Gasteiger partial charge >= 0.3 is 0 Å². The van der Waals surface area contributed by atoms with E-state index in [1.54, 1.807) is 40.9 Å². The topological polar surface area (TPSA) is 20.3 Å². The SMILES string of the molecule is O=C(c1cccc(Cl)c1)N1c2ccccc2Sc2ccc(Cl)cc21. The van der Waals surface area contributed by atoms with Crippen LogP contribution < -0.4 is 4.90 Å². The Hall–Kier alpha value is -1.94. The summed E-state index contributed by atoms with van der Waals surface area (Å²) in [6.07, 6.45) is 0. The van der Waals surface area contributed by atoms with Crippen molar-refractivity contribution in [2.45, 2.75) is 9.79 Å². The van der Waals surface area contributed by atoms with Gasteiger partial charge in [-0.25, -0.2) is 0 Å². The molecule has 0 N–H and O–H groups in total. The summed E-state index contributed by atoms with van der Waals surface area (Å²) in [7, 11) is 0. The maximum Gasteiger partial charge on any atom is 0.262 e. The van der Waals surface area contributed by atoms with E-state index in [0.29, 0.717) is 15.6 Å². The van der Waals surface area contributed by atoms with Crippen LogP contribution in [0.2, 0.25) is 10.0 Å². The van der Waals surface area contributed by atoms with Crippen LogP contribution in [0.4, 0.5) is 11.4 Å². The van der Waals surface area contributed by atoms with Crippen molar-refractivity contribution in [2.24, 2.45) is 0 Å². The second-order valence-corrected chi connectivity index (χ2v) is 7.29. The van der Waals surface area contributed by atoms with Gasteiger partial charge in [-0.05, 0) is 48.5 Å². The van der Waals surface area contributed by atoms with Crippen molar-refractivity contribution in [2.75, 3.05) is 4.90 Å². The van der Waals surface area contributed by atoms with E-state index in [0.717, 1.165) is 21.2 Å². The Balaban J connectivity index is 1.91. The number of anilines is 2. The highest BCUT2D eigenvalue weighted by Gasteiger charge is 2.29. The molecule has 4 rings (SSSR count). The Bertz CT molecular complexity index is 958. The number of rotatable bonds is 1. The highest BCUT2D eigenvalue weighted by molar-refractivity contribution is 7.99. The van der Waals surface area contributed by atoms with Gasteiger partial charge in [0.2, 0.25) is 0 Å². The summed E-state index contributed by atoms with van der Waals surface area (Å²) in [5, 5.41) is 1.13. The first-order valence-corrected chi connectivity index (χ1v) is 8.87. The monoisotopic (exact) mass is 371 g/mol. The first-order chi connectivity index (χ1) is 11.6. The minimum Gasteiger partial charge on any atom is -0.275 e. The molecule has 3 aromatic carbocycles. The van der Waals surface area contributed by atoms with Gasteiger partial charge in [0.25, 0.3) is 5.91 Å². The van der Waals surface area contributed by atoms with E-state index in [2.05, 4.69) is 0 Å². The van der Waals surface area contributed by atoms with E-state index in [1.165, 1.54) is 0 Å². The van der Waals surface area contributed by atoms with Crippen LogP contribution in [0.25, 0.3) is 0 Å². The molecular weight excluding hydrogens is 361 g/mol. The highest BCUT2D eigenvalue weighted by atomic mass is 35.5. The predicted molar refractivity (Wildman–Crippen MR) is 99.9 cm³/mol. The highest BCUT2D eigenvalue weighted by Crippen LogP contribution is 2.49. The number of halogens is 2. The molecule has 118 valence electrons. The van der Waals surface area contributed by atoms with Gasteiger partial charge in [-0.15, -0.1) is 0 Å². The maximum absolute atomic E-state index is 13.2. The Morgan fingerprint density at radius 2 is 1.54 bits per heavy atom. The number of carbonyl (C=O) groups excluding carboxylic acids is 1. The predicted octanol–water partition coefficient (Wildman–Crippen LogP) is 6.44. The van der Waals surface area contributed by atoms with Crippen molar-refractivity contribution >= 4 is 52.2 Å². The van der Waals surface area contributed by atoms with Crippen molar-refractivity contribution in [3.63, 3.8) is 0 Å². The van der Waals surface area contributed by atoms with Gasteiger partial charge in [0, 0.05) is 25.4 Å². The van der Waals surface area contributed by atoms with Crippen LogP contribution in [0.1, 0.15) is 10.4 Å². The van der Waals surface area contributed by atoms with Crippen molar-refractivity contribution in [3.8, 4) is 0 Å². The summed E-state index contributed by atoms with van der Waals surface area (Å²) >= 11 is 13.9. The van der Waals surface area contributed by atoms with E-state index in [9.17, 15) is 4.79 Å². The normalized spacial score (nSPS) is 12.5. The van der Waals surface area contributed by atoms with E-state index in [-0.39, 0.29) is 5.91 Å². The Labute approximate surface area is 154 Å². The summed E-state index contributed by atoms with van der Waals surface area (Å²) in [4.78, 5) is 16.9. The Morgan fingerprint density at radius 3 is 2.38 bits per heavy atom. The van der Waals surface area contributed by atoms with Crippen molar-refractivity contribution in [1.29, 1.82) is 0 Å². The first-order valence-electron chi connectivity index (χ1n) is 7.30. The van der Waals surface area contributed by atoms with Crippen LogP contribution in [-0.4, -0.2) is 5.91 Å². The third kappa shape index (κ3) is 2.69. The molecule has 0 unspecified atom stereocenters. The smallest absolute Gasteiger partial charge is 0.262 e. The van der Waals surface area contributed by atoms with Crippen LogP contribution in [0.15, 0.2) is 76.5 Å². The average molecular weight is 372 g/mol. The number of carbonyl (C=O) groups is 1. The summed E-state index contributed by atoms with van der Waals surface area (Å²) < 4.78 is 0. The molecule has 3 aromatic rings. The van der Waals surface area contributed by atoms with Crippen molar-refractivity contribution in [1.82, 2.24) is 0 Å². The standard InChI is InChI=1S/C19H11Cl2NOS/c20-13-5-3-4-12(10-13)19(23)22-15-6-1-2-7-17(15)24-18-9-8-14(21)11-16(18)22/h1-11H. The van der Waals surface area contributed by atoms with E-state index < -0.39 is 0 Å². The number of nitrogens with zero attached hydrogens (tertiary/aromatic N) is 1. The van der Waals surface area contributed by atoms with Gasteiger partial charge in [-0.2, -0.15) is 0 Å². The lowest BCUT2D eigenvalue weighted by Crippen LogP contribution is -2.28. The molecule has 24 heavy (non-hydrogen) atoms. The summed E-state index contributed by atoms with van der Waals surface area (Å²) in [6, 6.07) is 20.4. The van der Waals surface area contributed by atoms with Crippen LogP contribution in [0.5, 0.6) is 0 Å². The lowest BCUT2D eigenvalue weighted by Gasteiger charge is -2.31. The number of hydrogen-bond acceptors (Lipinski definition) is 2. The Morgan fingerprint density at radius 1 is 0.792 bits per heavy atom. The van der Waals surface area contributed by atoms with Gasteiger partial charge < -0.3 is 0 Å². The van der Waals surface area contributed by atoms with Crippen molar-refractivity contribution in [3.05, 3.63) is 82.3 Å². The lowest BCUT2D eigenvalue weighted by molar-refractivity contribution is 0.0998. The lowest BCUT2D eigenvalue weighted by atomic mass is 10.1. The number of fused-ring (bicyclic) bond motifs is 2. The van der Waals surface area contributed by atoms with Crippen LogP contribution >= 0.6 is 35.0 Å². The average Bonchev–Trinajstić information content (AvgIpc) is 2.59. The second-order valence-electron chi connectivity index (χ2n) is 5.33. The van der Waals surface area contributed by atoms with E-state index in [1.807, 2.05) is 42.5 Å². The zero-order valence-electron chi connectivity index (χ0n) is 12.4. The van der Waals surface area contributed by atoms with Crippen LogP contribution in [0, 0.1) is 0 Å². The first kappa shape index (κ1) is 15.6. The summed E-state index contributed by atoms with van der Waals surface area (Å²) in [6.45, 7) is 0. The Kier molecular flexibility index (Phi) is 4.01. The molecular formula is C19H11Cl2NOS. The minimum atomic E-state index is -0.131. The molecule has 0 aromatic heterocycles. The molecule has 2 nitrogen and oxygen atoms in total. The number of hydrogen-bond donors (Lipinski definition) is 0. The molecule has 0 atom stereocenters. The molecule has 1 heterocycles. The molecule has 0 radical (unpaired) electrons. The molecule has 5 heteroatoms. The zero-order chi connectivity index (χ0) is 16.7. The fourth-order valence-corrected chi connectivity index (χ4v) is 4.09. The van der Waals surface area contributed by atoms with Crippen molar-refractivity contribution < 1.29 is 4.79 Å². The third-order valence-corrected chi connectivity index (χ3v) is 5.36. The minimum absolute atomic E-state index is 0.131. The summed E-state index contributed by atoms with van der Waals surface area (Å²) in [5.41, 5.74) is 2.17. The van der Waals surface area contributed by atoms with E-state index in [4.69, 9.17) is 23.2 Å². The third-order valence-electron chi connectivity index (χ3n) is 3.76. The molecule has 0 spiro atoms. The molecule has 0 saturated heterocycles.